The van der Waals surface area contributed by atoms with Crippen LogP contribution in [0.3, 0.4) is 0 Å². The summed E-state index contributed by atoms with van der Waals surface area (Å²) in [6.45, 7) is 0. The van der Waals surface area contributed by atoms with Gasteiger partial charge in [0, 0.05) is 11.8 Å². The molecule has 0 bridgehead atoms. The Morgan fingerprint density at radius 3 is 3.00 bits per heavy atom. The number of primary amides is 1. The van der Waals surface area contributed by atoms with Gasteiger partial charge in [-0.1, -0.05) is 0 Å². The van der Waals surface area contributed by atoms with Crippen molar-refractivity contribution in [3.8, 4) is 0 Å². The number of halogens is 1. The highest BCUT2D eigenvalue weighted by molar-refractivity contribution is 6.15. The minimum atomic E-state index is -0.657. The Bertz CT molecular complexity index is 245. The molecule has 6 heteroatoms. The summed E-state index contributed by atoms with van der Waals surface area (Å²) in [6, 6.07) is -0.657. The van der Waals surface area contributed by atoms with Crippen molar-refractivity contribution >= 4 is 23.6 Å². The summed E-state index contributed by atoms with van der Waals surface area (Å²) in [6.07, 6.45) is 2.76. The van der Waals surface area contributed by atoms with Crippen LogP contribution in [0.4, 0.5) is 10.6 Å². The summed E-state index contributed by atoms with van der Waals surface area (Å²) >= 11 is 5.41. The smallest absolute Gasteiger partial charge is 0.317 e. The van der Waals surface area contributed by atoms with Crippen molar-refractivity contribution in [2.24, 2.45) is 5.73 Å². The molecular formula is C4H5ClN4O. The van der Waals surface area contributed by atoms with Crippen LogP contribution < -0.4 is 11.1 Å². The molecule has 0 aliphatic rings. The first-order valence-electron chi connectivity index (χ1n) is 2.45. The van der Waals surface area contributed by atoms with Gasteiger partial charge in [0.2, 0.25) is 0 Å². The van der Waals surface area contributed by atoms with Crippen molar-refractivity contribution in [3.63, 3.8) is 0 Å². The van der Waals surface area contributed by atoms with E-state index in [4.69, 9.17) is 17.5 Å². The number of carbonyl (C=O) groups is 1. The van der Waals surface area contributed by atoms with Gasteiger partial charge < -0.3 is 5.73 Å². The Morgan fingerprint density at radius 1 is 1.90 bits per heavy atom. The Balaban J connectivity index is 2.67. The molecule has 54 valence electrons. The van der Waals surface area contributed by atoms with Gasteiger partial charge in [-0.2, -0.15) is 0 Å². The number of nitrogens with two attached hydrogens (primary N) is 1. The molecule has 1 aromatic rings. The van der Waals surface area contributed by atoms with E-state index in [2.05, 4.69) is 10.3 Å². The van der Waals surface area contributed by atoms with Gasteiger partial charge in [-0.25, -0.2) is 13.9 Å². The predicted octanol–water partition coefficient (Wildman–Crippen LogP) is 0.376. The van der Waals surface area contributed by atoms with E-state index in [0.29, 0.717) is 5.82 Å². The summed E-state index contributed by atoms with van der Waals surface area (Å²) < 4.78 is 1.19. The standard InChI is InChI=1S/C4H5ClN4O/c5-9-1-3(7-2-9)8-4(6)10/h1-2H,(H3,6,8,10). The molecule has 0 fully saturated rings. The lowest BCUT2D eigenvalue weighted by Crippen LogP contribution is -2.19. The molecule has 0 unspecified atom stereocenters. The van der Waals surface area contributed by atoms with Crippen molar-refractivity contribution in [2.45, 2.75) is 0 Å². The van der Waals surface area contributed by atoms with E-state index < -0.39 is 6.03 Å². The minimum Gasteiger partial charge on any atom is -0.351 e. The first kappa shape index (κ1) is 6.88. The molecule has 1 aromatic heterocycles. The lowest BCUT2D eigenvalue weighted by molar-refractivity contribution is 0.259. The maximum absolute atomic E-state index is 10.2. The van der Waals surface area contributed by atoms with Gasteiger partial charge in [0.15, 0.2) is 5.82 Å². The molecule has 0 radical (unpaired) electrons. The predicted molar refractivity (Wildman–Crippen MR) is 36.7 cm³/mol. The largest absolute Gasteiger partial charge is 0.351 e. The van der Waals surface area contributed by atoms with Gasteiger partial charge in [0.25, 0.3) is 0 Å². The number of nitrogens with zero attached hydrogens (tertiary/aromatic N) is 2. The van der Waals surface area contributed by atoms with E-state index in [0.717, 1.165) is 0 Å². The van der Waals surface area contributed by atoms with Crippen LogP contribution in [0.5, 0.6) is 0 Å². The molecule has 0 atom stereocenters. The fraction of sp³-hybridized carbons (Fsp3) is 0. The van der Waals surface area contributed by atoms with Crippen molar-refractivity contribution in [1.82, 2.24) is 9.07 Å². The highest BCUT2D eigenvalue weighted by Gasteiger charge is 1.97. The summed E-state index contributed by atoms with van der Waals surface area (Å²) in [5, 5.41) is 2.25. The van der Waals surface area contributed by atoms with E-state index in [9.17, 15) is 4.79 Å². The number of urea groups is 1. The Hall–Kier alpha value is -1.23. The van der Waals surface area contributed by atoms with Crippen LogP contribution in [-0.2, 0) is 0 Å². The van der Waals surface area contributed by atoms with E-state index >= 15 is 0 Å². The quantitative estimate of drug-likeness (QED) is 0.623. The van der Waals surface area contributed by atoms with E-state index in [1.54, 1.807) is 0 Å². The fourth-order valence-corrected chi connectivity index (χ4v) is 0.628. The number of imidazole rings is 1. The number of carbonyl (C=O) groups excluding carboxylic acids is 1. The zero-order valence-electron chi connectivity index (χ0n) is 4.91. The van der Waals surface area contributed by atoms with Crippen LogP contribution in [-0.4, -0.2) is 15.1 Å². The molecule has 0 saturated carbocycles. The minimum absolute atomic E-state index is 0.336. The molecule has 0 spiro atoms. The van der Waals surface area contributed by atoms with Gasteiger partial charge in [-0.05, 0) is 0 Å². The molecule has 10 heavy (non-hydrogen) atoms. The van der Waals surface area contributed by atoms with Gasteiger partial charge >= 0.3 is 6.03 Å². The van der Waals surface area contributed by atoms with E-state index in [-0.39, 0.29) is 0 Å². The first-order valence-corrected chi connectivity index (χ1v) is 2.79. The second kappa shape index (κ2) is 2.57. The summed E-state index contributed by atoms with van der Waals surface area (Å²) in [5.41, 5.74) is 4.79. The van der Waals surface area contributed by atoms with Gasteiger partial charge in [-0.15, -0.1) is 0 Å². The molecule has 1 heterocycles. The number of rotatable bonds is 1. The van der Waals surface area contributed by atoms with Crippen LogP contribution in [0.15, 0.2) is 12.5 Å². The monoisotopic (exact) mass is 160 g/mol. The van der Waals surface area contributed by atoms with Crippen LogP contribution in [0, 0.1) is 0 Å². The molecule has 0 aliphatic carbocycles. The Morgan fingerprint density at radius 2 is 2.60 bits per heavy atom. The zero-order valence-corrected chi connectivity index (χ0v) is 5.67. The van der Waals surface area contributed by atoms with Gasteiger partial charge in [-0.3, -0.25) is 5.32 Å². The maximum Gasteiger partial charge on any atom is 0.317 e. The highest BCUT2D eigenvalue weighted by atomic mass is 35.5. The van der Waals surface area contributed by atoms with Crippen LogP contribution in [0.25, 0.3) is 0 Å². The Kier molecular flexibility index (Phi) is 1.77. The van der Waals surface area contributed by atoms with E-state index in [1.165, 1.54) is 16.6 Å². The van der Waals surface area contributed by atoms with Crippen LogP contribution in [0.2, 0.25) is 0 Å². The van der Waals surface area contributed by atoms with Gasteiger partial charge in [0.05, 0.1) is 6.20 Å². The number of amides is 2. The topological polar surface area (TPSA) is 72.9 Å². The first-order chi connectivity index (χ1) is 4.68. The summed E-state index contributed by atoms with van der Waals surface area (Å²) in [7, 11) is 0. The molecule has 3 N–H and O–H groups in total. The molecule has 5 nitrogen and oxygen atoms in total. The van der Waals surface area contributed by atoms with Crippen molar-refractivity contribution in [3.05, 3.63) is 12.5 Å². The maximum atomic E-state index is 10.2. The molecule has 2 amide bonds. The highest BCUT2D eigenvalue weighted by Crippen LogP contribution is 2.01. The number of anilines is 1. The molecule has 0 saturated heterocycles. The third-order valence-electron chi connectivity index (χ3n) is 0.804. The zero-order chi connectivity index (χ0) is 7.56. The van der Waals surface area contributed by atoms with Gasteiger partial charge in [0.1, 0.15) is 6.33 Å². The average molecular weight is 161 g/mol. The lowest BCUT2D eigenvalue weighted by Gasteiger charge is -1.91. The van der Waals surface area contributed by atoms with Crippen molar-refractivity contribution in [1.29, 1.82) is 0 Å². The second-order valence-electron chi connectivity index (χ2n) is 1.59. The molecule has 0 aliphatic heterocycles. The van der Waals surface area contributed by atoms with Crippen molar-refractivity contribution < 1.29 is 4.79 Å². The molecule has 0 aromatic carbocycles. The molecular weight excluding hydrogens is 156 g/mol. The van der Waals surface area contributed by atoms with Crippen molar-refractivity contribution in [2.75, 3.05) is 5.32 Å². The van der Waals surface area contributed by atoms with Crippen LogP contribution in [0.1, 0.15) is 0 Å². The molecule has 1 rings (SSSR count). The second-order valence-corrected chi connectivity index (χ2v) is 1.98. The summed E-state index contributed by atoms with van der Waals surface area (Å²) in [5.74, 6) is 0.336. The number of aromatic nitrogens is 2. The van der Waals surface area contributed by atoms with E-state index in [1.807, 2.05) is 0 Å². The normalized spacial score (nSPS) is 9.30. The Labute approximate surface area is 61.9 Å². The lowest BCUT2D eigenvalue weighted by atomic mass is 10.7. The van der Waals surface area contributed by atoms with Crippen LogP contribution >= 0.6 is 11.8 Å². The fourth-order valence-electron chi connectivity index (χ4n) is 0.492. The third-order valence-corrected chi connectivity index (χ3v) is 0.989. The number of hydrogen-bond donors (Lipinski definition) is 2. The SMILES string of the molecule is NC(=O)Nc1cn(Cl)cn1. The third kappa shape index (κ3) is 1.63. The number of hydrogen-bond acceptors (Lipinski definition) is 2. The average Bonchev–Trinajstić information content (AvgIpc) is 2.13. The summed E-state index contributed by atoms with van der Waals surface area (Å²) in [4.78, 5) is 13.9. The number of nitrogens with one attached hydrogen (secondary N) is 1.